The topological polar surface area (TPSA) is 46.2 Å². The third kappa shape index (κ3) is 2.75. The van der Waals surface area contributed by atoms with Gasteiger partial charge in [0.15, 0.2) is 0 Å². The molecular formula is C10H5Br2NO2S. The molecule has 1 aromatic rings. The number of nitrogens with one attached hydrogen (secondary N) is 1. The van der Waals surface area contributed by atoms with Gasteiger partial charge in [-0.05, 0) is 41.6 Å². The first kappa shape index (κ1) is 11.9. The van der Waals surface area contributed by atoms with E-state index in [0.29, 0.717) is 4.91 Å². The van der Waals surface area contributed by atoms with Crippen molar-refractivity contribution in [1.29, 1.82) is 0 Å². The Hall–Kier alpha value is -0.590. The van der Waals surface area contributed by atoms with Crippen molar-refractivity contribution in [3.8, 4) is 0 Å². The van der Waals surface area contributed by atoms with Crippen LogP contribution in [0.2, 0.25) is 0 Å². The first-order valence-electron chi connectivity index (χ1n) is 4.25. The van der Waals surface area contributed by atoms with Gasteiger partial charge in [0.2, 0.25) is 0 Å². The summed E-state index contributed by atoms with van der Waals surface area (Å²) in [5.74, 6) is -0.342. The third-order valence-electron chi connectivity index (χ3n) is 1.82. The van der Waals surface area contributed by atoms with Crippen LogP contribution in [0.15, 0.2) is 32.0 Å². The van der Waals surface area contributed by atoms with E-state index < -0.39 is 0 Å². The van der Waals surface area contributed by atoms with E-state index in [1.807, 2.05) is 18.2 Å². The van der Waals surface area contributed by atoms with Gasteiger partial charge in [0.25, 0.3) is 11.1 Å². The maximum absolute atomic E-state index is 11.3. The van der Waals surface area contributed by atoms with Gasteiger partial charge in [-0.15, -0.1) is 0 Å². The summed E-state index contributed by atoms with van der Waals surface area (Å²) >= 11 is 7.62. The number of thioether (sulfide) groups is 1. The lowest BCUT2D eigenvalue weighted by atomic mass is 10.2. The molecular weight excluding hydrogens is 358 g/mol. The molecule has 2 amide bonds. The fourth-order valence-corrected chi connectivity index (χ4v) is 3.24. The number of amides is 2. The number of rotatable bonds is 1. The Kier molecular flexibility index (Phi) is 3.51. The van der Waals surface area contributed by atoms with Gasteiger partial charge in [-0.25, -0.2) is 0 Å². The van der Waals surface area contributed by atoms with E-state index in [-0.39, 0.29) is 11.1 Å². The highest BCUT2D eigenvalue weighted by molar-refractivity contribution is 9.11. The second-order valence-corrected chi connectivity index (χ2v) is 5.90. The molecule has 0 radical (unpaired) electrons. The monoisotopic (exact) mass is 361 g/mol. The van der Waals surface area contributed by atoms with Crippen LogP contribution in [-0.2, 0) is 4.79 Å². The van der Waals surface area contributed by atoms with Crippen LogP contribution in [0.3, 0.4) is 0 Å². The molecule has 0 unspecified atom stereocenters. The van der Waals surface area contributed by atoms with Crippen LogP contribution in [0.4, 0.5) is 4.79 Å². The highest BCUT2D eigenvalue weighted by atomic mass is 79.9. The van der Waals surface area contributed by atoms with Gasteiger partial charge in [-0.2, -0.15) is 0 Å². The van der Waals surface area contributed by atoms with Crippen molar-refractivity contribution >= 4 is 60.8 Å². The molecule has 16 heavy (non-hydrogen) atoms. The normalized spacial score (nSPS) is 18.0. The fraction of sp³-hybridized carbons (Fsp3) is 0. The minimum atomic E-state index is -0.342. The summed E-state index contributed by atoms with van der Waals surface area (Å²) in [6, 6.07) is 5.64. The van der Waals surface area contributed by atoms with Gasteiger partial charge in [-0.1, -0.05) is 31.9 Å². The summed E-state index contributed by atoms with van der Waals surface area (Å²) in [5.41, 5.74) is 0.855. The van der Waals surface area contributed by atoms with Crippen LogP contribution in [-0.4, -0.2) is 11.1 Å². The van der Waals surface area contributed by atoms with E-state index >= 15 is 0 Å². The highest BCUT2D eigenvalue weighted by Gasteiger charge is 2.24. The van der Waals surface area contributed by atoms with Crippen LogP contribution in [0, 0.1) is 0 Å². The Morgan fingerprint density at radius 1 is 1.12 bits per heavy atom. The molecule has 82 valence electrons. The molecule has 1 saturated heterocycles. The summed E-state index contributed by atoms with van der Waals surface area (Å²) in [4.78, 5) is 22.7. The van der Waals surface area contributed by atoms with E-state index in [1.165, 1.54) is 0 Å². The van der Waals surface area contributed by atoms with Gasteiger partial charge >= 0.3 is 0 Å². The molecule has 0 saturated carbocycles. The molecule has 1 fully saturated rings. The molecule has 0 atom stereocenters. The van der Waals surface area contributed by atoms with Crippen molar-refractivity contribution < 1.29 is 9.59 Å². The average Bonchev–Trinajstić information content (AvgIpc) is 2.43. The minimum absolute atomic E-state index is 0.328. The molecule has 1 aromatic carbocycles. The van der Waals surface area contributed by atoms with Crippen molar-refractivity contribution in [2.24, 2.45) is 0 Å². The van der Waals surface area contributed by atoms with E-state index in [0.717, 1.165) is 26.3 Å². The standard InChI is InChI=1S/C10H5Br2NO2S/c11-6-1-5(2-7(12)4-6)3-8-9(14)13-10(15)16-8/h1-4H,(H,13,14,15). The van der Waals surface area contributed by atoms with E-state index in [1.54, 1.807) is 6.08 Å². The first-order valence-corrected chi connectivity index (χ1v) is 6.66. The van der Waals surface area contributed by atoms with Gasteiger partial charge in [-0.3, -0.25) is 14.9 Å². The summed E-state index contributed by atoms with van der Waals surface area (Å²) < 4.78 is 1.81. The summed E-state index contributed by atoms with van der Waals surface area (Å²) in [6.45, 7) is 0. The minimum Gasteiger partial charge on any atom is -0.282 e. The zero-order valence-electron chi connectivity index (χ0n) is 7.79. The lowest BCUT2D eigenvalue weighted by Crippen LogP contribution is -2.17. The average molecular weight is 363 g/mol. The smallest absolute Gasteiger partial charge is 0.282 e. The molecule has 1 heterocycles. The quantitative estimate of drug-likeness (QED) is 0.777. The first-order chi connectivity index (χ1) is 7.54. The number of halogens is 2. The number of benzene rings is 1. The lowest BCUT2D eigenvalue weighted by Gasteiger charge is -1.98. The van der Waals surface area contributed by atoms with E-state index in [4.69, 9.17) is 0 Å². The van der Waals surface area contributed by atoms with Crippen molar-refractivity contribution in [3.63, 3.8) is 0 Å². The predicted molar refractivity (Wildman–Crippen MR) is 70.9 cm³/mol. The number of hydrogen-bond donors (Lipinski definition) is 1. The maximum Gasteiger partial charge on any atom is 0.290 e. The van der Waals surface area contributed by atoms with Crippen molar-refractivity contribution in [2.75, 3.05) is 0 Å². The number of carbonyl (C=O) groups is 2. The molecule has 0 bridgehead atoms. The number of hydrogen-bond acceptors (Lipinski definition) is 3. The lowest BCUT2D eigenvalue weighted by molar-refractivity contribution is -0.115. The molecule has 0 spiro atoms. The Morgan fingerprint density at radius 2 is 1.75 bits per heavy atom. The van der Waals surface area contributed by atoms with Crippen LogP contribution in [0.5, 0.6) is 0 Å². The van der Waals surface area contributed by atoms with Crippen molar-refractivity contribution in [1.82, 2.24) is 5.32 Å². The highest BCUT2D eigenvalue weighted by Crippen LogP contribution is 2.27. The largest absolute Gasteiger partial charge is 0.290 e. The van der Waals surface area contributed by atoms with Gasteiger partial charge < -0.3 is 0 Å². The summed E-state index contributed by atoms with van der Waals surface area (Å²) in [7, 11) is 0. The Labute approximate surface area is 113 Å². The Bertz CT molecular complexity index is 493. The SMILES string of the molecule is O=C1NC(=O)C(=Cc2cc(Br)cc(Br)c2)S1. The molecule has 3 nitrogen and oxygen atoms in total. The predicted octanol–water partition coefficient (Wildman–Crippen LogP) is 3.54. The summed E-state index contributed by atoms with van der Waals surface area (Å²) in [5, 5.41) is 1.88. The molecule has 1 aliphatic heterocycles. The van der Waals surface area contributed by atoms with Gasteiger partial charge in [0, 0.05) is 8.95 Å². The van der Waals surface area contributed by atoms with Crippen LogP contribution in [0.25, 0.3) is 6.08 Å². The zero-order valence-corrected chi connectivity index (χ0v) is 11.8. The van der Waals surface area contributed by atoms with Gasteiger partial charge in [0.05, 0.1) is 4.91 Å². The fourth-order valence-electron chi connectivity index (χ4n) is 1.23. The maximum atomic E-state index is 11.3. The van der Waals surface area contributed by atoms with E-state index in [9.17, 15) is 9.59 Å². The molecule has 2 rings (SSSR count). The molecule has 0 aromatic heterocycles. The van der Waals surface area contributed by atoms with E-state index in [2.05, 4.69) is 37.2 Å². The summed E-state index contributed by atoms with van der Waals surface area (Å²) in [6.07, 6.45) is 1.68. The second kappa shape index (κ2) is 4.73. The molecule has 0 aliphatic carbocycles. The van der Waals surface area contributed by atoms with Crippen LogP contribution in [0.1, 0.15) is 5.56 Å². The Morgan fingerprint density at radius 3 is 2.25 bits per heavy atom. The van der Waals surface area contributed by atoms with Gasteiger partial charge in [0.1, 0.15) is 0 Å². The molecule has 1 N–H and O–H groups in total. The third-order valence-corrected chi connectivity index (χ3v) is 3.55. The molecule has 6 heteroatoms. The number of carbonyl (C=O) groups excluding carboxylic acids is 2. The molecule has 1 aliphatic rings. The van der Waals surface area contributed by atoms with Crippen LogP contribution >= 0.6 is 43.6 Å². The van der Waals surface area contributed by atoms with Crippen LogP contribution < -0.4 is 5.32 Å². The number of imide groups is 1. The second-order valence-electron chi connectivity index (χ2n) is 3.06. The van der Waals surface area contributed by atoms with Crippen molar-refractivity contribution in [2.45, 2.75) is 0 Å². The zero-order chi connectivity index (χ0) is 11.7. The van der Waals surface area contributed by atoms with Crippen molar-refractivity contribution in [3.05, 3.63) is 37.6 Å². The Balaban J connectivity index is 2.36.